The number of hydrogen-bond donors (Lipinski definition) is 3. The number of pyridine rings is 1. The van der Waals surface area contributed by atoms with Gasteiger partial charge in [0.15, 0.2) is 0 Å². The molecule has 3 N–H and O–H groups in total. The van der Waals surface area contributed by atoms with Gasteiger partial charge in [-0.05, 0) is 35.6 Å². The molecule has 0 bridgehead atoms. The Hall–Kier alpha value is -2.40. The number of amides is 1. The topological polar surface area (TPSA) is 74.2 Å². The quantitative estimate of drug-likeness (QED) is 0.793. The second-order valence-electron chi connectivity index (χ2n) is 5.91. The first-order valence-electron chi connectivity index (χ1n) is 7.91. The number of carboxylic acid groups (broad SMARTS) is 1. The largest absolute Gasteiger partial charge is 0.465 e. The van der Waals surface area contributed by atoms with Gasteiger partial charge in [0, 0.05) is 37.4 Å². The average molecular weight is 311 g/mol. The summed E-state index contributed by atoms with van der Waals surface area (Å²) in [6.45, 7) is 1.16. The number of nitrogens with one attached hydrogen (secondary N) is 2. The van der Waals surface area contributed by atoms with E-state index in [1.807, 2.05) is 36.5 Å². The predicted octanol–water partition coefficient (Wildman–Crippen LogP) is 2.50. The maximum absolute atomic E-state index is 10.5. The lowest BCUT2D eigenvalue weighted by Crippen LogP contribution is -2.34. The van der Waals surface area contributed by atoms with Gasteiger partial charge in [0.25, 0.3) is 0 Å². The lowest BCUT2D eigenvalue weighted by molar-refractivity contribution is 0.194. The van der Waals surface area contributed by atoms with Crippen molar-refractivity contribution in [3.05, 3.63) is 65.0 Å². The summed E-state index contributed by atoms with van der Waals surface area (Å²) in [5, 5.41) is 14.6. The molecule has 0 aliphatic heterocycles. The van der Waals surface area contributed by atoms with Gasteiger partial charge in [0.05, 0.1) is 0 Å². The number of hydrogen-bond acceptors (Lipinski definition) is 3. The highest BCUT2D eigenvalue weighted by atomic mass is 16.4. The Bertz CT molecular complexity index is 670. The van der Waals surface area contributed by atoms with Gasteiger partial charge < -0.3 is 15.7 Å². The van der Waals surface area contributed by atoms with Crippen molar-refractivity contribution >= 4 is 6.09 Å². The Morgan fingerprint density at radius 2 is 1.91 bits per heavy atom. The smallest absolute Gasteiger partial charge is 0.404 e. The van der Waals surface area contributed by atoms with Crippen molar-refractivity contribution in [2.75, 3.05) is 0 Å². The van der Waals surface area contributed by atoms with Crippen LogP contribution in [0.4, 0.5) is 4.79 Å². The Morgan fingerprint density at radius 3 is 2.65 bits per heavy atom. The second kappa shape index (κ2) is 7.24. The van der Waals surface area contributed by atoms with Gasteiger partial charge in [-0.15, -0.1) is 0 Å². The Kier molecular flexibility index (Phi) is 4.88. The van der Waals surface area contributed by atoms with Gasteiger partial charge >= 0.3 is 6.09 Å². The Morgan fingerprint density at radius 1 is 1.17 bits per heavy atom. The van der Waals surface area contributed by atoms with Gasteiger partial charge in [-0.3, -0.25) is 4.98 Å². The van der Waals surface area contributed by atoms with Gasteiger partial charge in [-0.1, -0.05) is 30.3 Å². The Labute approximate surface area is 135 Å². The zero-order valence-electron chi connectivity index (χ0n) is 13.0. The van der Waals surface area contributed by atoms with Crippen molar-refractivity contribution in [1.82, 2.24) is 15.6 Å². The first-order valence-corrected chi connectivity index (χ1v) is 7.91. The van der Waals surface area contributed by atoms with E-state index in [1.54, 1.807) is 0 Å². The molecule has 1 unspecified atom stereocenters. The van der Waals surface area contributed by atoms with Crippen LogP contribution >= 0.6 is 0 Å². The van der Waals surface area contributed by atoms with Gasteiger partial charge in [-0.2, -0.15) is 0 Å². The molecule has 5 heteroatoms. The first-order chi connectivity index (χ1) is 11.2. The van der Waals surface area contributed by atoms with E-state index < -0.39 is 6.09 Å². The van der Waals surface area contributed by atoms with Crippen LogP contribution in [0.25, 0.3) is 0 Å². The minimum Gasteiger partial charge on any atom is -0.465 e. The summed E-state index contributed by atoms with van der Waals surface area (Å²) in [5.74, 6) is 0. The predicted molar refractivity (Wildman–Crippen MR) is 88.2 cm³/mol. The minimum absolute atomic E-state index is 0.341. The van der Waals surface area contributed by atoms with E-state index in [9.17, 15) is 4.79 Å². The Balaban J connectivity index is 1.50. The summed E-state index contributed by atoms with van der Waals surface area (Å²) in [6, 6.07) is 12.7. The number of aryl methyl sites for hydroxylation is 1. The number of carbonyl (C=O) groups is 1. The van der Waals surface area contributed by atoms with Gasteiger partial charge in [0.2, 0.25) is 0 Å². The molecule has 1 heterocycles. The molecule has 0 spiro atoms. The highest BCUT2D eigenvalue weighted by Gasteiger charge is 2.18. The molecule has 1 amide bonds. The van der Waals surface area contributed by atoms with Crippen LogP contribution in [0.5, 0.6) is 0 Å². The fraction of sp³-hybridized carbons (Fsp3) is 0.333. The molecule has 2 aromatic rings. The summed E-state index contributed by atoms with van der Waals surface area (Å²) in [6.07, 6.45) is 4.07. The zero-order valence-corrected chi connectivity index (χ0v) is 13.0. The van der Waals surface area contributed by atoms with E-state index >= 15 is 0 Å². The third-order valence-corrected chi connectivity index (χ3v) is 4.25. The van der Waals surface area contributed by atoms with Crippen LogP contribution in [0.15, 0.2) is 42.6 Å². The molecule has 1 aliphatic rings. The molecule has 3 rings (SSSR count). The van der Waals surface area contributed by atoms with Crippen LogP contribution < -0.4 is 10.6 Å². The normalized spacial score (nSPS) is 16.6. The SMILES string of the molecule is O=C(O)NCc1ccc(CNC2CCc3cccnc3C2)cc1. The molecule has 0 radical (unpaired) electrons. The minimum atomic E-state index is -0.998. The molecular weight excluding hydrogens is 290 g/mol. The molecule has 0 saturated carbocycles. The first kappa shape index (κ1) is 15.5. The summed E-state index contributed by atoms with van der Waals surface area (Å²) >= 11 is 0. The van der Waals surface area contributed by atoms with Crippen LogP contribution in [0, 0.1) is 0 Å². The molecule has 23 heavy (non-hydrogen) atoms. The lowest BCUT2D eigenvalue weighted by atomic mass is 9.92. The third-order valence-electron chi connectivity index (χ3n) is 4.25. The summed E-state index contributed by atoms with van der Waals surface area (Å²) in [7, 11) is 0. The van der Waals surface area contributed by atoms with Crippen molar-refractivity contribution in [2.45, 2.75) is 38.4 Å². The maximum Gasteiger partial charge on any atom is 0.404 e. The molecule has 5 nitrogen and oxygen atoms in total. The van der Waals surface area contributed by atoms with Crippen molar-refractivity contribution < 1.29 is 9.90 Å². The summed E-state index contributed by atoms with van der Waals surface area (Å²) < 4.78 is 0. The van der Waals surface area contributed by atoms with E-state index in [0.717, 1.165) is 31.4 Å². The van der Waals surface area contributed by atoms with E-state index in [-0.39, 0.29) is 0 Å². The zero-order chi connectivity index (χ0) is 16.1. The summed E-state index contributed by atoms with van der Waals surface area (Å²) in [5.41, 5.74) is 4.76. The second-order valence-corrected chi connectivity index (χ2v) is 5.91. The third kappa shape index (κ3) is 4.29. The van der Waals surface area contributed by atoms with Crippen molar-refractivity contribution in [2.24, 2.45) is 0 Å². The highest BCUT2D eigenvalue weighted by molar-refractivity contribution is 5.64. The number of rotatable bonds is 5. The molecule has 0 fully saturated rings. The molecule has 1 aromatic carbocycles. The van der Waals surface area contributed by atoms with Crippen LogP contribution in [0.2, 0.25) is 0 Å². The average Bonchev–Trinajstić information content (AvgIpc) is 2.59. The van der Waals surface area contributed by atoms with Crippen LogP contribution in [-0.2, 0) is 25.9 Å². The number of benzene rings is 1. The molecule has 1 aromatic heterocycles. The van der Waals surface area contributed by atoms with E-state index in [4.69, 9.17) is 5.11 Å². The van der Waals surface area contributed by atoms with Crippen LogP contribution in [-0.4, -0.2) is 22.2 Å². The van der Waals surface area contributed by atoms with Crippen molar-refractivity contribution in [1.29, 1.82) is 0 Å². The van der Waals surface area contributed by atoms with Gasteiger partial charge in [0.1, 0.15) is 0 Å². The molecular formula is C18H21N3O2. The monoisotopic (exact) mass is 311 g/mol. The van der Waals surface area contributed by atoms with Crippen molar-refractivity contribution in [3.8, 4) is 0 Å². The molecule has 0 saturated heterocycles. The number of aromatic nitrogens is 1. The van der Waals surface area contributed by atoms with E-state index in [0.29, 0.717) is 12.6 Å². The molecule has 1 atom stereocenters. The van der Waals surface area contributed by atoms with Crippen LogP contribution in [0.3, 0.4) is 0 Å². The molecule has 1 aliphatic carbocycles. The van der Waals surface area contributed by atoms with Crippen molar-refractivity contribution in [3.63, 3.8) is 0 Å². The maximum atomic E-state index is 10.5. The molecule has 120 valence electrons. The summed E-state index contributed by atoms with van der Waals surface area (Å²) in [4.78, 5) is 15.0. The van der Waals surface area contributed by atoms with Gasteiger partial charge in [-0.25, -0.2) is 4.79 Å². The van der Waals surface area contributed by atoms with Crippen LogP contribution in [0.1, 0.15) is 28.8 Å². The lowest BCUT2D eigenvalue weighted by Gasteiger charge is -2.24. The standard InChI is InChI=1S/C18H21N3O2/c22-18(23)21-12-14-5-3-13(4-6-14)11-20-16-8-7-15-2-1-9-19-17(15)10-16/h1-6,9,16,20-21H,7-8,10-12H2,(H,22,23). The number of nitrogens with zero attached hydrogens (tertiary/aromatic N) is 1. The highest BCUT2D eigenvalue weighted by Crippen LogP contribution is 2.19. The number of fused-ring (bicyclic) bond motifs is 1. The van der Waals surface area contributed by atoms with E-state index in [1.165, 1.54) is 16.8 Å². The fourth-order valence-corrected chi connectivity index (χ4v) is 2.94. The van der Waals surface area contributed by atoms with E-state index in [2.05, 4.69) is 21.7 Å². The fourth-order valence-electron chi connectivity index (χ4n) is 2.94.